The van der Waals surface area contributed by atoms with Crippen LogP contribution in [0.1, 0.15) is 49.0 Å². The normalized spacial score (nSPS) is 24.2. The summed E-state index contributed by atoms with van der Waals surface area (Å²) in [7, 11) is 0. The molecule has 1 aromatic heterocycles. The Morgan fingerprint density at radius 2 is 2.24 bits per heavy atom. The van der Waals surface area contributed by atoms with Crippen LogP contribution in [-0.4, -0.2) is 22.6 Å². The molecule has 0 aromatic carbocycles. The van der Waals surface area contributed by atoms with Crippen molar-refractivity contribution in [2.24, 2.45) is 0 Å². The molecule has 2 fully saturated rings. The van der Waals surface area contributed by atoms with Gasteiger partial charge in [0.1, 0.15) is 6.10 Å². The Morgan fingerprint density at radius 1 is 1.35 bits per heavy atom. The standard InChI is InChI=1S/C13H19N3O/c1-9-7-11(8-14-10-4-5-10)16-13(15-9)12-3-2-6-17-12/h7,10,12,14H,2-6,8H2,1H3. The van der Waals surface area contributed by atoms with Crippen LogP contribution < -0.4 is 5.32 Å². The van der Waals surface area contributed by atoms with Crippen molar-refractivity contribution in [3.63, 3.8) is 0 Å². The summed E-state index contributed by atoms with van der Waals surface area (Å²) in [4.78, 5) is 9.11. The van der Waals surface area contributed by atoms with E-state index in [0.717, 1.165) is 49.2 Å². The van der Waals surface area contributed by atoms with Crippen molar-refractivity contribution in [1.29, 1.82) is 0 Å². The molecule has 1 aliphatic heterocycles. The maximum atomic E-state index is 5.64. The third-order valence-electron chi connectivity index (χ3n) is 3.29. The minimum Gasteiger partial charge on any atom is -0.370 e. The first-order valence-corrected chi connectivity index (χ1v) is 6.51. The maximum absolute atomic E-state index is 5.64. The first-order chi connectivity index (χ1) is 8.31. The van der Waals surface area contributed by atoms with E-state index in [9.17, 15) is 0 Å². The second-order valence-electron chi connectivity index (χ2n) is 5.02. The summed E-state index contributed by atoms with van der Waals surface area (Å²) in [5.74, 6) is 0.870. The zero-order chi connectivity index (χ0) is 11.7. The Hall–Kier alpha value is -1.00. The SMILES string of the molecule is Cc1cc(CNC2CC2)nc(C2CCCO2)n1. The summed E-state index contributed by atoms with van der Waals surface area (Å²) in [5, 5.41) is 3.49. The van der Waals surface area contributed by atoms with Crippen molar-refractivity contribution in [3.05, 3.63) is 23.3 Å². The van der Waals surface area contributed by atoms with Crippen molar-refractivity contribution in [3.8, 4) is 0 Å². The number of nitrogens with one attached hydrogen (secondary N) is 1. The number of aromatic nitrogens is 2. The molecule has 1 aromatic rings. The molecule has 1 N–H and O–H groups in total. The highest BCUT2D eigenvalue weighted by atomic mass is 16.5. The highest BCUT2D eigenvalue weighted by Gasteiger charge is 2.22. The van der Waals surface area contributed by atoms with Crippen LogP contribution in [0.4, 0.5) is 0 Å². The van der Waals surface area contributed by atoms with Crippen LogP contribution >= 0.6 is 0 Å². The Balaban J connectivity index is 1.73. The molecule has 1 unspecified atom stereocenters. The van der Waals surface area contributed by atoms with Gasteiger partial charge in [0.05, 0.1) is 5.69 Å². The second kappa shape index (κ2) is 4.70. The summed E-state index contributed by atoms with van der Waals surface area (Å²) in [6.45, 7) is 3.73. The van der Waals surface area contributed by atoms with Gasteiger partial charge in [-0.05, 0) is 38.7 Å². The molecule has 17 heavy (non-hydrogen) atoms. The lowest BCUT2D eigenvalue weighted by Gasteiger charge is -2.11. The van der Waals surface area contributed by atoms with Gasteiger partial charge in [-0.25, -0.2) is 9.97 Å². The van der Waals surface area contributed by atoms with Gasteiger partial charge in [-0.2, -0.15) is 0 Å². The minimum absolute atomic E-state index is 0.120. The van der Waals surface area contributed by atoms with Crippen LogP contribution in [0.5, 0.6) is 0 Å². The molecule has 1 aliphatic carbocycles. The molecule has 92 valence electrons. The predicted molar refractivity (Wildman–Crippen MR) is 64.6 cm³/mol. The molecule has 0 spiro atoms. The number of hydrogen-bond donors (Lipinski definition) is 1. The quantitative estimate of drug-likeness (QED) is 0.862. The highest BCUT2D eigenvalue weighted by Crippen LogP contribution is 2.26. The lowest BCUT2D eigenvalue weighted by molar-refractivity contribution is 0.104. The number of aryl methyl sites for hydroxylation is 1. The zero-order valence-corrected chi connectivity index (χ0v) is 10.3. The average molecular weight is 233 g/mol. The van der Waals surface area contributed by atoms with E-state index in [-0.39, 0.29) is 6.10 Å². The summed E-state index contributed by atoms with van der Waals surface area (Å²) in [6, 6.07) is 2.78. The summed E-state index contributed by atoms with van der Waals surface area (Å²) >= 11 is 0. The Labute approximate surface area is 102 Å². The smallest absolute Gasteiger partial charge is 0.157 e. The maximum Gasteiger partial charge on any atom is 0.157 e. The van der Waals surface area contributed by atoms with Crippen LogP contribution in [0.25, 0.3) is 0 Å². The van der Waals surface area contributed by atoms with Gasteiger partial charge in [0, 0.05) is 24.9 Å². The third kappa shape index (κ3) is 2.82. The predicted octanol–water partition coefficient (Wildman–Crippen LogP) is 1.89. The fraction of sp³-hybridized carbons (Fsp3) is 0.692. The molecular weight excluding hydrogens is 214 g/mol. The van der Waals surface area contributed by atoms with Crippen molar-refractivity contribution in [2.75, 3.05) is 6.61 Å². The topological polar surface area (TPSA) is 47.0 Å². The molecule has 1 saturated heterocycles. The van der Waals surface area contributed by atoms with Crippen molar-refractivity contribution >= 4 is 0 Å². The van der Waals surface area contributed by atoms with Crippen LogP contribution in [0.3, 0.4) is 0 Å². The molecule has 0 radical (unpaired) electrons. The largest absolute Gasteiger partial charge is 0.370 e. The van der Waals surface area contributed by atoms with E-state index in [0.29, 0.717) is 0 Å². The fourth-order valence-electron chi connectivity index (χ4n) is 2.21. The molecule has 1 saturated carbocycles. The van der Waals surface area contributed by atoms with Gasteiger partial charge in [0.25, 0.3) is 0 Å². The molecule has 1 atom stereocenters. The van der Waals surface area contributed by atoms with Crippen LogP contribution in [0.15, 0.2) is 6.07 Å². The molecular formula is C13H19N3O. The molecule has 3 rings (SSSR count). The minimum atomic E-state index is 0.120. The molecule has 4 nitrogen and oxygen atoms in total. The summed E-state index contributed by atoms with van der Waals surface area (Å²) < 4.78 is 5.64. The number of ether oxygens (including phenoxy) is 1. The molecule has 2 aliphatic rings. The Morgan fingerprint density at radius 3 is 2.94 bits per heavy atom. The van der Waals surface area contributed by atoms with Gasteiger partial charge >= 0.3 is 0 Å². The van der Waals surface area contributed by atoms with E-state index in [1.165, 1.54) is 12.8 Å². The molecule has 2 heterocycles. The van der Waals surface area contributed by atoms with Crippen molar-refractivity contribution < 1.29 is 4.74 Å². The van der Waals surface area contributed by atoms with E-state index < -0.39 is 0 Å². The van der Waals surface area contributed by atoms with Gasteiger partial charge in [-0.3, -0.25) is 0 Å². The van der Waals surface area contributed by atoms with Gasteiger partial charge < -0.3 is 10.1 Å². The van der Waals surface area contributed by atoms with Gasteiger partial charge in [-0.1, -0.05) is 0 Å². The fourth-order valence-corrected chi connectivity index (χ4v) is 2.21. The third-order valence-corrected chi connectivity index (χ3v) is 3.29. The van der Waals surface area contributed by atoms with Crippen LogP contribution in [0.2, 0.25) is 0 Å². The number of nitrogens with zero attached hydrogens (tertiary/aromatic N) is 2. The Kier molecular flexibility index (Phi) is 3.07. The van der Waals surface area contributed by atoms with Crippen molar-refractivity contribution in [2.45, 2.75) is 51.3 Å². The van der Waals surface area contributed by atoms with Crippen LogP contribution in [0, 0.1) is 6.92 Å². The number of hydrogen-bond acceptors (Lipinski definition) is 4. The molecule has 4 heteroatoms. The van der Waals surface area contributed by atoms with Gasteiger partial charge in [-0.15, -0.1) is 0 Å². The van der Waals surface area contributed by atoms with E-state index in [4.69, 9.17) is 4.74 Å². The average Bonchev–Trinajstić information content (AvgIpc) is 2.98. The van der Waals surface area contributed by atoms with E-state index >= 15 is 0 Å². The number of rotatable bonds is 4. The van der Waals surface area contributed by atoms with Gasteiger partial charge in [0.2, 0.25) is 0 Å². The van der Waals surface area contributed by atoms with E-state index in [2.05, 4.69) is 21.4 Å². The van der Waals surface area contributed by atoms with Crippen LogP contribution in [-0.2, 0) is 11.3 Å². The summed E-state index contributed by atoms with van der Waals surface area (Å²) in [6.07, 6.45) is 4.91. The first-order valence-electron chi connectivity index (χ1n) is 6.51. The highest BCUT2D eigenvalue weighted by molar-refractivity contribution is 5.12. The first kappa shape index (κ1) is 11.1. The van der Waals surface area contributed by atoms with Crippen molar-refractivity contribution in [1.82, 2.24) is 15.3 Å². The lowest BCUT2D eigenvalue weighted by Crippen LogP contribution is -2.18. The van der Waals surface area contributed by atoms with E-state index in [1.807, 2.05) is 6.92 Å². The molecule has 0 bridgehead atoms. The van der Waals surface area contributed by atoms with E-state index in [1.54, 1.807) is 0 Å². The Bertz CT molecular complexity index is 398. The van der Waals surface area contributed by atoms with Gasteiger partial charge in [0.15, 0.2) is 5.82 Å². The lowest BCUT2D eigenvalue weighted by atomic mass is 10.2. The molecule has 0 amide bonds. The summed E-state index contributed by atoms with van der Waals surface area (Å²) in [5.41, 5.74) is 2.13. The zero-order valence-electron chi connectivity index (χ0n) is 10.3. The monoisotopic (exact) mass is 233 g/mol. The second-order valence-corrected chi connectivity index (χ2v) is 5.02.